The van der Waals surface area contributed by atoms with Gasteiger partial charge in [0.25, 0.3) is 0 Å². The van der Waals surface area contributed by atoms with Crippen LogP contribution >= 0.6 is 0 Å². The average Bonchev–Trinajstić information content (AvgIpc) is 2.00. The first kappa shape index (κ1) is 9.83. The molecule has 0 amide bonds. The fraction of sp³-hybridized carbons (Fsp3) is 0.833. The van der Waals surface area contributed by atoms with Crippen molar-refractivity contribution in [1.29, 1.82) is 0 Å². The summed E-state index contributed by atoms with van der Waals surface area (Å²) in [7, 11) is 0. The summed E-state index contributed by atoms with van der Waals surface area (Å²) in [4.78, 5) is 0. The van der Waals surface area contributed by atoms with Gasteiger partial charge in [-0.2, -0.15) is 0 Å². The Morgan fingerprint density at radius 1 is 1.50 bits per heavy atom. The van der Waals surface area contributed by atoms with Crippen LogP contribution in [0.5, 0.6) is 0 Å². The van der Waals surface area contributed by atoms with Crippen LogP contribution in [0.25, 0.3) is 0 Å². The molecule has 0 heterocycles. The summed E-state index contributed by atoms with van der Waals surface area (Å²) in [6, 6.07) is 0. The fourth-order valence-corrected chi connectivity index (χ4v) is 2.50. The smallest absolute Gasteiger partial charge is 0.0202 e. The Labute approximate surface area is 77.1 Å². The molecule has 0 aromatic carbocycles. The Kier molecular flexibility index (Phi) is 3.37. The topological polar surface area (TPSA) is 0 Å². The summed E-state index contributed by atoms with van der Waals surface area (Å²) in [5, 5.41) is 0. The minimum atomic E-state index is 0.831. The Morgan fingerprint density at radius 3 is 2.58 bits per heavy atom. The zero-order valence-electron chi connectivity index (χ0n) is 8.72. The van der Waals surface area contributed by atoms with Gasteiger partial charge in [0, 0.05) is 0 Å². The average molecular weight is 166 g/mol. The molecular weight excluding hydrogens is 144 g/mol. The van der Waals surface area contributed by atoms with Crippen molar-refractivity contribution in [3.8, 4) is 0 Å². The fourth-order valence-electron chi connectivity index (χ4n) is 2.50. The summed E-state index contributed by atoms with van der Waals surface area (Å²) < 4.78 is 0. The molecule has 0 spiro atoms. The van der Waals surface area contributed by atoms with E-state index in [2.05, 4.69) is 33.4 Å². The van der Waals surface area contributed by atoms with Gasteiger partial charge in [-0.25, -0.2) is 0 Å². The molecule has 12 heavy (non-hydrogen) atoms. The normalized spacial score (nSPS) is 34.8. The molecule has 0 nitrogen and oxygen atoms in total. The lowest BCUT2D eigenvalue weighted by Gasteiger charge is -2.44. The number of allylic oxidation sites excluding steroid dienone is 1. The van der Waals surface area contributed by atoms with Gasteiger partial charge in [-0.1, -0.05) is 33.3 Å². The van der Waals surface area contributed by atoms with Gasteiger partial charge in [0.15, 0.2) is 0 Å². The van der Waals surface area contributed by atoms with Crippen LogP contribution in [-0.4, -0.2) is 0 Å². The third-order valence-electron chi connectivity index (χ3n) is 3.30. The first-order valence-corrected chi connectivity index (χ1v) is 5.31. The second kappa shape index (κ2) is 4.11. The molecule has 1 rings (SSSR count). The molecule has 1 fully saturated rings. The van der Waals surface area contributed by atoms with Gasteiger partial charge >= 0.3 is 0 Å². The largest absolute Gasteiger partial charge is 0.103 e. The summed E-state index contributed by atoms with van der Waals surface area (Å²) in [6.07, 6.45) is 6.33. The maximum absolute atomic E-state index is 3.91. The van der Waals surface area contributed by atoms with Crippen molar-refractivity contribution in [2.45, 2.75) is 40.0 Å². The van der Waals surface area contributed by atoms with Crippen LogP contribution in [0.2, 0.25) is 0 Å². The van der Waals surface area contributed by atoms with E-state index in [-0.39, 0.29) is 0 Å². The molecule has 1 aliphatic rings. The SMILES string of the molecule is C=CC1CC(CC)C1CC(C)C. The van der Waals surface area contributed by atoms with Crippen molar-refractivity contribution in [2.24, 2.45) is 23.7 Å². The minimum Gasteiger partial charge on any atom is -0.103 e. The maximum atomic E-state index is 3.91. The van der Waals surface area contributed by atoms with Gasteiger partial charge in [0.05, 0.1) is 0 Å². The molecule has 0 bridgehead atoms. The van der Waals surface area contributed by atoms with Crippen LogP contribution in [0.3, 0.4) is 0 Å². The molecule has 3 atom stereocenters. The molecule has 0 heteroatoms. The number of rotatable bonds is 4. The third kappa shape index (κ3) is 1.91. The van der Waals surface area contributed by atoms with Crippen LogP contribution in [0.4, 0.5) is 0 Å². The lowest BCUT2D eigenvalue weighted by molar-refractivity contribution is 0.0826. The first-order chi connectivity index (χ1) is 5.69. The Morgan fingerprint density at radius 2 is 2.17 bits per heavy atom. The molecule has 0 aliphatic heterocycles. The molecule has 0 aromatic heterocycles. The standard InChI is InChI=1S/C12H22/c1-5-10-8-11(6-2)12(10)7-9(3)4/h5,9-12H,1,6-8H2,2-4H3. The van der Waals surface area contributed by atoms with Crippen LogP contribution in [0.1, 0.15) is 40.0 Å². The van der Waals surface area contributed by atoms with Crippen LogP contribution in [0, 0.1) is 23.7 Å². The van der Waals surface area contributed by atoms with E-state index in [0.29, 0.717) is 0 Å². The van der Waals surface area contributed by atoms with Crippen molar-refractivity contribution in [1.82, 2.24) is 0 Å². The molecule has 0 aromatic rings. The second-order valence-corrected chi connectivity index (χ2v) is 4.60. The summed E-state index contributed by atoms with van der Waals surface area (Å²) in [5.41, 5.74) is 0. The van der Waals surface area contributed by atoms with Crippen LogP contribution < -0.4 is 0 Å². The lowest BCUT2D eigenvalue weighted by Crippen LogP contribution is -2.35. The lowest BCUT2D eigenvalue weighted by atomic mass is 9.61. The second-order valence-electron chi connectivity index (χ2n) is 4.60. The van der Waals surface area contributed by atoms with Gasteiger partial charge < -0.3 is 0 Å². The van der Waals surface area contributed by atoms with E-state index >= 15 is 0 Å². The minimum absolute atomic E-state index is 0.831. The highest BCUT2D eigenvalue weighted by molar-refractivity contribution is 4.97. The number of hydrogen-bond acceptors (Lipinski definition) is 0. The summed E-state index contributed by atoms with van der Waals surface area (Å²) in [6.45, 7) is 10.9. The highest BCUT2D eigenvalue weighted by Crippen LogP contribution is 2.46. The molecule has 3 unspecified atom stereocenters. The maximum Gasteiger partial charge on any atom is -0.0202 e. The summed E-state index contributed by atoms with van der Waals surface area (Å²) in [5.74, 6) is 3.63. The third-order valence-corrected chi connectivity index (χ3v) is 3.30. The predicted molar refractivity (Wildman–Crippen MR) is 55.0 cm³/mol. The Balaban J connectivity index is 2.40. The van der Waals surface area contributed by atoms with Crippen molar-refractivity contribution < 1.29 is 0 Å². The van der Waals surface area contributed by atoms with Gasteiger partial charge in [-0.3, -0.25) is 0 Å². The monoisotopic (exact) mass is 166 g/mol. The quantitative estimate of drug-likeness (QED) is 0.556. The van der Waals surface area contributed by atoms with Crippen LogP contribution in [0.15, 0.2) is 12.7 Å². The number of hydrogen-bond donors (Lipinski definition) is 0. The van der Waals surface area contributed by atoms with Gasteiger partial charge in [-0.15, -0.1) is 6.58 Å². The van der Waals surface area contributed by atoms with E-state index < -0.39 is 0 Å². The molecule has 0 N–H and O–H groups in total. The predicted octanol–water partition coefficient (Wildman–Crippen LogP) is 3.88. The molecule has 0 saturated heterocycles. The Hall–Kier alpha value is -0.260. The highest BCUT2D eigenvalue weighted by Gasteiger charge is 2.37. The van der Waals surface area contributed by atoms with Crippen LogP contribution in [-0.2, 0) is 0 Å². The van der Waals surface area contributed by atoms with E-state index in [4.69, 9.17) is 0 Å². The summed E-state index contributed by atoms with van der Waals surface area (Å²) >= 11 is 0. The van der Waals surface area contributed by atoms with Crippen molar-refractivity contribution >= 4 is 0 Å². The van der Waals surface area contributed by atoms with E-state index in [1.807, 2.05) is 0 Å². The molecule has 1 aliphatic carbocycles. The molecule has 70 valence electrons. The Bertz CT molecular complexity index is 146. The van der Waals surface area contributed by atoms with Gasteiger partial charge in [0.2, 0.25) is 0 Å². The van der Waals surface area contributed by atoms with Gasteiger partial charge in [-0.05, 0) is 36.5 Å². The molecular formula is C12H22. The zero-order chi connectivity index (χ0) is 9.14. The zero-order valence-corrected chi connectivity index (χ0v) is 8.72. The molecule has 0 radical (unpaired) electrons. The van der Waals surface area contributed by atoms with E-state index in [0.717, 1.165) is 23.7 Å². The highest BCUT2D eigenvalue weighted by atomic mass is 14.4. The van der Waals surface area contributed by atoms with E-state index in [1.165, 1.54) is 19.3 Å². The van der Waals surface area contributed by atoms with E-state index in [9.17, 15) is 0 Å². The molecule has 1 saturated carbocycles. The van der Waals surface area contributed by atoms with Crippen molar-refractivity contribution in [3.05, 3.63) is 12.7 Å². The first-order valence-electron chi connectivity index (χ1n) is 5.31. The van der Waals surface area contributed by atoms with E-state index in [1.54, 1.807) is 0 Å². The van der Waals surface area contributed by atoms with Gasteiger partial charge in [0.1, 0.15) is 0 Å². The van der Waals surface area contributed by atoms with Crippen molar-refractivity contribution in [2.75, 3.05) is 0 Å². The van der Waals surface area contributed by atoms with Crippen molar-refractivity contribution in [3.63, 3.8) is 0 Å².